The lowest BCUT2D eigenvalue weighted by atomic mass is 10.1. The minimum atomic E-state index is -1.03. The fourth-order valence-electron chi connectivity index (χ4n) is 4.82. The molecule has 9 nitrogen and oxygen atoms in total. The Morgan fingerprint density at radius 2 is 2.08 bits per heavy atom. The van der Waals surface area contributed by atoms with Gasteiger partial charge in [-0.1, -0.05) is 29.3 Å². The third-order valence-electron chi connectivity index (χ3n) is 7.04. The predicted molar refractivity (Wildman–Crippen MR) is 142 cm³/mol. The molecule has 5 heterocycles. The van der Waals surface area contributed by atoms with Crippen molar-refractivity contribution in [2.24, 2.45) is 0 Å². The summed E-state index contributed by atoms with van der Waals surface area (Å²) in [6.07, 6.45) is 3.07. The van der Waals surface area contributed by atoms with Crippen LogP contribution in [0.1, 0.15) is 39.4 Å². The Morgan fingerprint density at radius 3 is 2.82 bits per heavy atom. The molecule has 1 atom stereocenters. The zero-order chi connectivity index (χ0) is 27.1. The first kappa shape index (κ1) is 25.9. The van der Waals surface area contributed by atoms with Crippen molar-refractivity contribution >= 4 is 40.3 Å². The fourth-order valence-corrected chi connectivity index (χ4v) is 5.20. The second-order valence-corrected chi connectivity index (χ2v) is 10.5. The molecule has 0 amide bonds. The molecule has 0 radical (unpaired) electrons. The van der Waals surface area contributed by atoms with Gasteiger partial charge in [0.05, 0.1) is 36.0 Å². The third kappa shape index (κ3) is 5.42. The summed E-state index contributed by atoms with van der Waals surface area (Å²) >= 11 is 12.3. The van der Waals surface area contributed by atoms with Crippen LogP contribution in [0.25, 0.3) is 11.2 Å². The smallest absolute Gasteiger partial charge is 0.337 e. The van der Waals surface area contributed by atoms with E-state index in [9.17, 15) is 14.3 Å². The van der Waals surface area contributed by atoms with Gasteiger partial charge < -0.3 is 19.1 Å². The van der Waals surface area contributed by atoms with Crippen LogP contribution in [-0.2, 0) is 37.4 Å². The van der Waals surface area contributed by atoms with Crippen molar-refractivity contribution in [1.82, 2.24) is 24.4 Å². The molecule has 0 bridgehead atoms. The number of ether oxygens (including phenoxy) is 2. The number of hydrogen-bond donors (Lipinski definition) is 1. The Hall–Kier alpha value is -3.31. The van der Waals surface area contributed by atoms with Crippen LogP contribution in [0.4, 0.5) is 4.39 Å². The number of rotatable bonds is 8. The average molecular weight is 572 g/mol. The topological polar surface area (TPSA) is 103 Å². The zero-order valence-corrected chi connectivity index (χ0v) is 22.3. The van der Waals surface area contributed by atoms with E-state index in [0.29, 0.717) is 46.4 Å². The molecule has 1 aromatic carbocycles. The van der Waals surface area contributed by atoms with Crippen LogP contribution in [0.5, 0.6) is 5.88 Å². The minimum absolute atomic E-state index is 0.0309. The molecule has 0 aliphatic carbocycles. The number of carboxylic acid groups (broad SMARTS) is 1. The fraction of sp³-hybridized carbons (Fsp3) is 0.333. The number of imidazole rings is 1. The largest absolute Gasteiger partial charge is 0.478 e. The first-order chi connectivity index (χ1) is 18.8. The van der Waals surface area contributed by atoms with Gasteiger partial charge in [-0.2, -0.15) is 0 Å². The van der Waals surface area contributed by atoms with E-state index in [1.807, 2.05) is 10.6 Å². The standard InChI is InChI=1S/C27H24Cl2FN5O4/c28-18-2-1-16(21(30)9-18)14-39-26-20(29)7-15-3-5-34(12-22(15)32-26)13-24-33-25-23(8-17(10-31-25)27(36)37)35(24)11-19-4-6-38-19/h1-2,7-10,19H,3-6,11-14H2,(H,36,37)/t19-/m0/s1. The molecule has 39 heavy (non-hydrogen) atoms. The van der Waals surface area contributed by atoms with Crippen molar-refractivity contribution < 1.29 is 23.8 Å². The lowest BCUT2D eigenvalue weighted by Gasteiger charge is -2.30. The van der Waals surface area contributed by atoms with Crippen LogP contribution in [-0.4, -0.2) is 54.8 Å². The van der Waals surface area contributed by atoms with Gasteiger partial charge in [0.25, 0.3) is 0 Å². The molecule has 0 saturated carbocycles. The van der Waals surface area contributed by atoms with Crippen LogP contribution in [0.2, 0.25) is 10.0 Å². The van der Waals surface area contributed by atoms with E-state index < -0.39 is 11.8 Å². The number of nitrogens with zero attached hydrogens (tertiary/aromatic N) is 5. The second-order valence-electron chi connectivity index (χ2n) is 9.66. The van der Waals surface area contributed by atoms with Crippen LogP contribution in [0.15, 0.2) is 36.5 Å². The van der Waals surface area contributed by atoms with Crippen LogP contribution < -0.4 is 4.74 Å². The van der Waals surface area contributed by atoms with Gasteiger partial charge in [0.1, 0.15) is 23.3 Å². The monoisotopic (exact) mass is 571 g/mol. The number of halogens is 3. The number of aromatic carboxylic acids is 1. The van der Waals surface area contributed by atoms with Crippen molar-refractivity contribution in [2.75, 3.05) is 13.2 Å². The number of benzene rings is 1. The van der Waals surface area contributed by atoms with Crippen molar-refractivity contribution in [3.05, 3.63) is 80.6 Å². The highest BCUT2D eigenvalue weighted by Gasteiger charge is 2.26. The number of pyridine rings is 2. The number of fused-ring (bicyclic) bond motifs is 2. The van der Waals surface area contributed by atoms with Gasteiger partial charge >= 0.3 is 5.97 Å². The molecule has 0 unspecified atom stereocenters. The minimum Gasteiger partial charge on any atom is -0.478 e. The van der Waals surface area contributed by atoms with Crippen molar-refractivity contribution in [3.63, 3.8) is 0 Å². The highest BCUT2D eigenvalue weighted by molar-refractivity contribution is 6.32. The van der Waals surface area contributed by atoms with Crippen molar-refractivity contribution in [1.29, 1.82) is 0 Å². The summed E-state index contributed by atoms with van der Waals surface area (Å²) in [5.41, 5.74) is 3.50. The molecule has 2 aliphatic rings. The van der Waals surface area contributed by atoms with Crippen LogP contribution in [0.3, 0.4) is 0 Å². The molecule has 12 heteroatoms. The van der Waals surface area contributed by atoms with Gasteiger partial charge in [0.2, 0.25) is 5.88 Å². The van der Waals surface area contributed by atoms with Gasteiger partial charge in [-0.05, 0) is 42.7 Å². The van der Waals surface area contributed by atoms with Crippen LogP contribution in [0, 0.1) is 5.82 Å². The highest BCUT2D eigenvalue weighted by atomic mass is 35.5. The molecule has 1 saturated heterocycles. The Morgan fingerprint density at radius 1 is 1.23 bits per heavy atom. The molecular weight excluding hydrogens is 548 g/mol. The average Bonchev–Trinajstić information content (AvgIpc) is 3.21. The van der Waals surface area contributed by atoms with E-state index in [1.54, 1.807) is 18.2 Å². The zero-order valence-electron chi connectivity index (χ0n) is 20.7. The SMILES string of the molecule is O=C(O)c1cnc2nc(CN3CCc4cc(Cl)c(OCc5ccc(Cl)cc5F)nc4C3)n(C[C@@H]3CCO3)c2c1. The molecule has 1 N–H and O–H groups in total. The Balaban J connectivity index is 1.22. The lowest BCUT2D eigenvalue weighted by molar-refractivity contribution is -0.0592. The Kier molecular flexibility index (Phi) is 7.11. The van der Waals surface area contributed by atoms with E-state index in [-0.39, 0.29) is 24.2 Å². The number of carboxylic acids is 1. The predicted octanol–water partition coefficient (Wildman–Crippen LogP) is 4.90. The first-order valence-corrected chi connectivity index (χ1v) is 13.3. The molecular formula is C27H24Cl2FN5O4. The first-order valence-electron chi connectivity index (χ1n) is 12.5. The van der Waals surface area contributed by atoms with Gasteiger partial charge in [-0.3, -0.25) is 4.90 Å². The Bertz CT molecular complexity index is 1580. The van der Waals surface area contributed by atoms with E-state index >= 15 is 0 Å². The Labute approximate surface area is 233 Å². The number of aromatic nitrogens is 4. The molecule has 6 rings (SSSR count). The van der Waals surface area contributed by atoms with E-state index in [1.165, 1.54) is 12.3 Å². The summed E-state index contributed by atoms with van der Waals surface area (Å²) in [5, 5.41) is 10.1. The van der Waals surface area contributed by atoms with E-state index in [2.05, 4.69) is 14.9 Å². The lowest BCUT2D eigenvalue weighted by Crippen LogP contribution is -2.34. The molecule has 3 aromatic heterocycles. The molecule has 1 fully saturated rings. The number of hydrogen-bond acceptors (Lipinski definition) is 7. The summed E-state index contributed by atoms with van der Waals surface area (Å²) in [7, 11) is 0. The third-order valence-corrected chi connectivity index (χ3v) is 7.54. The quantitative estimate of drug-likeness (QED) is 0.318. The highest BCUT2D eigenvalue weighted by Crippen LogP contribution is 2.30. The molecule has 0 spiro atoms. The van der Waals surface area contributed by atoms with Gasteiger partial charge in [0, 0.05) is 36.5 Å². The maximum atomic E-state index is 14.2. The summed E-state index contributed by atoms with van der Waals surface area (Å²) in [6.45, 7) is 3.08. The van der Waals surface area contributed by atoms with Gasteiger partial charge in [0.15, 0.2) is 5.65 Å². The summed E-state index contributed by atoms with van der Waals surface area (Å²) in [5.74, 6) is -0.468. The second kappa shape index (κ2) is 10.7. The van der Waals surface area contributed by atoms with Crippen LogP contribution >= 0.6 is 23.2 Å². The van der Waals surface area contributed by atoms with Crippen molar-refractivity contribution in [3.8, 4) is 5.88 Å². The molecule has 2 aliphatic heterocycles. The molecule has 4 aromatic rings. The maximum absolute atomic E-state index is 14.2. The summed E-state index contributed by atoms with van der Waals surface area (Å²) in [4.78, 5) is 27.4. The normalized spacial score (nSPS) is 17.2. The van der Waals surface area contributed by atoms with Gasteiger partial charge in [-0.15, -0.1) is 0 Å². The van der Waals surface area contributed by atoms with Crippen molar-refractivity contribution in [2.45, 2.75) is 45.2 Å². The van der Waals surface area contributed by atoms with Gasteiger partial charge in [-0.25, -0.2) is 24.1 Å². The number of carbonyl (C=O) groups is 1. The maximum Gasteiger partial charge on any atom is 0.337 e. The summed E-state index contributed by atoms with van der Waals surface area (Å²) < 4.78 is 27.6. The molecule has 202 valence electrons. The summed E-state index contributed by atoms with van der Waals surface area (Å²) in [6, 6.07) is 7.88. The van der Waals surface area contributed by atoms with E-state index in [0.717, 1.165) is 43.1 Å². The van der Waals surface area contributed by atoms with E-state index in [4.69, 9.17) is 37.7 Å².